The van der Waals surface area contributed by atoms with Crippen molar-refractivity contribution >= 4 is 22.5 Å². The van der Waals surface area contributed by atoms with E-state index in [9.17, 15) is 4.79 Å². The second-order valence-corrected chi connectivity index (χ2v) is 7.13. The molecular formula is C25H20N2O3. The molecular weight excluding hydrogens is 376 g/mol. The summed E-state index contributed by atoms with van der Waals surface area (Å²) in [5.74, 6) is 1.34. The maximum atomic E-state index is 13.4. The van der Waals surface area contributed by atoms with Gasteiger partial charge in [-0.05, 0) is 42.5 Å². The zero-order valence-electron chi connectivity index (χ0n) is 16.5. The number of pyridine rings is 1. The van der Waals surface area contributed by atoms with Gasteiger partial charge in [-0.2, -0.15) is 0 Å². The molecule has 5 heteroatoms. The number of hydrogen-bond acceptors (Lipinski definition) is 4. The molecule has 5 rings (SSSR count). The number of nitrogens with zero attached hydrogens (tertiary/aromatic N) is 2. The lowest BCUT2D eigenvalue weighted by Crippen LogP contribution is -2.26. The molecule has 2 heterocycles. The van der Waals surface area contributed by atoms with Crippen LogP contribution in [-0.4, -0.2) is 31.2 Å². The van der Waals surface area contributed by atoms with Crippen molar-refractivity contribution in [1.29, 1.82) is 0 Å². The highest BCUT2D eigenvalue weighted by Gasteiger charge is 2.19. The summed E-state index contributed by atoms with van der Waals surface area (Å²) in [7, 11) is 1.79. The van der Waals surface area contributed by atoms with Gasteiger partial charge in [0.05, 0.1) is 16.8 Å². The number of rotatable bonds is 3. The van der Waals surface area contributed by atoms with Crippen molar-refractivity contribution in [2.24, 2.45) is 0 Å². The van der Waals surface area contributed by atoms with Crippen molar-refractivity contribution < 1.29 is 14.3 Å². The van der Waals surface area contributed by atoms with Crippen LogP contribution in [0.15, 0.2) is 78.9 Å². The first kappa shape index (κ1) is 18.2. The summed E-state index contributed by atoms with van der Waals surface area (Å²) >= 11 is 0. The number of carbonyl (C=O) groups excluding carboxylic acids is 1. The molecule has 3 aromatic carbocycles. The second kappa shape index (κ2) is 7.52. The number of para-hydroxylation sites is 2. The van der Waals surface area contributed by atoms with Crippen molar-refractivity contribution in [2.75, 3.05) is 25.2 Å². The largest absolute Gasteiger partial charge is 0.486 e. The average Bonchev–Trinajstić information content (AvgIpc) is 2.82. The van der Waals surface area contributed by atoms with Crippen molar-refractivity contribution in [3.05, 3.63) is 84.4 Å². The minimum Gasteiger partial charge on any atom is -0.486 e. The fourth-order valence-electron chi connectivity index (χ4n) is 3.65. The van der Waals surface area contributed by atoms with Crippen LogP contribution in [0.4, 0.5) is 5.69 Å². The van der Waals surface area contributed by atoms with Crippen LogP contribution in [0, 0.1) is 0 Å². The number of hydrogen-bond donors (Lipinski definition) is 0. The normalized spacial score (nSPS) is 12.6. The van der Waals surface area contributed by atoms with E-state index in [1.807, 2.05) is 78.9 Å². The minimum atomic E-state index is -0.0846. The molecule has 0 saturated carbocycles. The lowest BCUT2D eigenvalue weighted by molar-refractivity contribution is 0.0994. The lowest BCUT2D eigenvalue weighted by atomic mass is 10.0. The van der Waals surface area contributed by atoms with Crippen LogP contribution in [0.2, 0.25) is 0 Å². The standard InChI is InChI=1S/C25H20N2O3/c1-27(18-7-3-2-4-8-18)25(28)20-16-22(26-21-10-6-5-9-19(20)21)17-11-12-23-24(15-17)30-14-13-29-23/h2-12,15-16H,13-14H2,1H3. The van der Waals surface area contributed by atoms with E-state index in [0.717, 1.165) is 33.6 Å². The Bertz CT molecular complexity index is 1240. The van der Waals surface area contributed by atoms with Crippen molar-refractivity contribution in [3.8, 4) is 22.8 Å². The molecule has 1 aliphatic rings. The Hall–Kier alpha value is -3.86. The third-order valence-corrected chi connectivity index (χ3v) is 5.23. The Labute approximate surface area is 174 Å². The third kappa shape index (κ3) is 3.24. The van der Waals surface area contributed by atoms with E-state index in [1.54, 1.807) is 11.9 Å². The molecule has 0 bridgehead atoms. The van der Waals surface area contributed by atoms with E-state index < -0.39 is 0 Å². The molecule has 1 aromatic heterocycles. The average molecular weight is 396 g/mol. The maximum Gasteiger partial charge on any atom is 0.258 e. The van der Waals surface area contributed by atoms with Crippen LogP contribution >= 0.6 is 0 Å². The summed E-state index contributed by atoms with van der Waals surface area (Å²) in [6, 6.07) is 24.9. The highest BCUT2D eigenvalue weighted by molar-refractivity contribution is 6.14. The fourth-order valence-corrected chi connectivity index (χ4v) is 3.65. The molecule has 0 radical (unpaired) electrons. The number of benzene rings is 3. The van der Waals surface area contributed by atoms with E-state index in [0.29, 0.717) is 24.5 Å². The maximum absolute atomic E-state index is 13.4. The topological polar surface area (TPSA) is 51.7 Å². The van der Waals surface area contributed by atoms with Crippen molar-refractivity contribution in [3.63, 3.8) is 0 Å². The molecule has 1 amide bonds. The monoisotopic (exact) mass is 396 g/mol. The predicted octanol–water partition coefficient (Wildman–Crippen LogP) is 4.95. The first-order valence-electron chi connectivity index (χ1n) is 9.83. The molecule has 0 spiro atoms. The molecule has 1 aliphatic heterocycles. The Morgan fingerprint density at radius 3 is 2.43 bits per heavy atom. The van der Waals surface area contributed by atoms with Gasteiger partial charge >= 0.3 is 0 Å². The number of amides is 1. The number of fused-ring (bicyclic) bond motifs is 2. The van der Waals surface area contributed by atoms with E-state index in [1.165, 1.54) is 0 Å². The summed E-state index contributed by atoms with van der Waals surface area (Å²) in [4.78, 5) is 19.9. The number of ether oxygens (including phenoxy) is 2. The van der Waals surface area contributed by atoms with Gasteiger partial charge in [0.1, 0.15) is 13.2 Å². The van der Waals surface area contributed by atoms with E-state index in [4.69, 9.17) is 14.5 Å². The van der Waals surface area contributed by atoms with Crippen LogP contribution in [0.3, 0.4) is 0 Å². The quantitative estimate of drug-likeness (QED) is 0.492. The zero-order chi connectivity index (χ0) is 20.5. The Kier molecular flexibility index (Phi) is 4.56. The van der Waals surface area contributed by atoms with E-state index in [2.05, 4.69) is 0 Å². The van der Waals surface area contributed by atoms with Crippen LogP contribution in [0.25, 0.3) is 22.2 Å². The van der Waals surface area contributed by atoms with E-state index in [-0.39, 0.29) is 5.91 Å². The van der Waals surface area contributed by atoms with Gasteiger partial charge in [-0.1, -0.05) is 36.4 Å². The SMILES string of the molecule is CN(C(=O)c1cc(-c2ccc3c(c2)OCCO3)nc2ccccc12)c1ccccc1. The molecule has 5 nitrogen and oxygen atoms in total. The molecule has 4 aromatic rings. The molecule has 0 saturated heterocycles. The molecule has 0 unspecified atom stereocenters. The van der Waals surface area contributed by atoms with Gasteiger partial charge in [0.2, 0.25) is 0 Å². The van der Waals surface area contributed by atoms with Gasteiger partial charge in [-0.3, -0.25) is 4.79 Å². The van der Waals surface area contributed by atoms with Crippen LogP contribution in [0.5, 0.6) is 11.5 Å². The van der Waals surface area contributed by atoms with Crippen LogP contribution < -0.4 is 14.4 Å². The second-order valence-electron chi connectivity index (χ2n) is 7.13. The van der Waals surface area contributed by atoms with Gasteiger partial charge in [0.25, 0.3) is 5.91 Å². The van der Waals surface area contributed by atoms with Crippen LogP contribution in [0.1, 0.15) is 10.4 Å². The van der Waals surface area contributed by atoms with Crippen molar-refractivity contribution in [2.45, 2.75) is 0 Å². The lowest BCUT2D eigenvalue weighted by Gasteiger charge is -2.20. The van der Waals surface area contributed by atoms with E-state index >= 15 is 0 Å². The smallest absolute Gasteiger partial charge is 0.258 e. The number of anilines is 1. The number of carbonyl (C=O) groups is 1. The molecule has 148 valence electrons. The summed E-state index contributed by atoms with van der Waals surface area (Å²) < 4.78 is 11.3. The Morgan fingerprint density at radius 1 is 0.867 bits per heavy atom. The molecule has 0 fully saturated rings. The fraction of sp³-hybridized carbons (Fsp3) is 0.120. The number of aromatic nitrogens is 1. The summed E-state index contributed by atoms with van der Waals surface area (Å²) in [5.41, 5.74) is 3.81. The molecule has 0 aliphatic carbocycles. The Morgan fingerprint density at radius 2 is 1.60 bits per heavy atom. The summed E-state index contributed by atoms with van der Waals surface area (Å²) in [6.45, 7) is 1.07. The summed E-state index contributed by atoms with van der Waals surface area (Å²) in [5, 5.41) is 0.826. The van der Waals surface area contributed by atoms with Gasteiger partial charge in [-0.15, -0.1) is 0 Å². The molecule has 0 N–H and O–H groups in total. The van der Waals surface area contributed by atoms with Gasteiger partial charge in [0, 0.05) is 23.7 Å². The predicted molar refractivity (Wildman–Crippen MR) is 117 cm³/mol. The first-order valence-corrected chi connectivity index (χ1v) is 9.83. The minimum absolute atomic E-state index is 0.0846. The van der Waals surface area contributed by atoms with Gasteiger partial charge in [-0.25, -0.2) is 4.98 Å². The van der Waals surface area contributed by atoms with Gasteiger partial charge < -0.3 is 14.4 Å². The Balaban J connectivity index is 1.63. The van der Waals surface area contributed by atoms with Crippen LogP contribution in [-0.2, 0) is 0 Å². The van der Waals surface area contributed by atoms with Crippen molar-refractivity contribution in [1.82, 2.24) is 4.98 Å². The van der Waals surface area contributed by atoms with Gasteiger partial charge in [0.15, 0.2) is 11.5 Å². The third-order valence-electron chi connectivity index (χ3n) is 5.23. The molecule has 30 heavy (non-hydrogen) atoms. The first-order chi connectivity index (χ1) is 14.7. The highest BCUT2D eigenvalue weighted by Crippen LogP contribution is 2.35. The summed E-state index contributed by atoms with van der Waals surface area (Å²) in [6.07, 6.45) is 0. The molecule has 0 atom stereocenters. The highest BCUT2D eigenvalue weighted by atomic mass is 16.6. The zero-order valence-corrected chi connectivity index (χ0v) is 16.5.